The topological polar surface area (TPSA) is 96.2 Å². The number of fused-ring (bicyclic) bond motifs is 1. The molecule has 0 radical (unpaired) electrons. The Bertz CT molecular complexity index is 736. The summed E-state index contributed by atoms with van der Waals surface area (Å²) >= 11 is 1.48. The van der Waals surface area contributed by atoms with E-state index < -0.39 is 12.1 Å². The third-order valence-corrected chi connectivity index (χ3v) is 4.91. The van der Waals surface area contributed by atoms with Crippen molar-refractivity contribution in [2.24, 2.45) is 5.73 Å². The highest BCUT2D eigenvalue weighted by Gasteiger charge is 2.19. The van der Waals surface area contributed by atoms with Crippen LogP contribution in [0, 0.1) is 0 Å². The minimum absolute atomic E-state index is 0. The average Bonchev–Trinajstić information content (AvgIpc) is 3.08. The Labute approximate surface area is 156 Å². The summed E-state index contributed by atoms with van der Waals surface area (Å²) < 4.78 is 0. The number of hydrogen-bond acceptors (Lipinski definition) is 4. The molecule has 1 unspecified atom stereocenters. The molecule has 1 atom stereocenters. The van der Waals surface area contributed by atoms with Crippen LogP contribution < -0.4 is 21.7 Å². The fraction of sp³-hybridized carbons (Fsp3) is 0.294. The second-order valence-electron chi connectivity index (χ2n) is 5.73. The first-order chi connectivity index (χ1) is 11.6. The summed E-state index contributed by atoms with van der Waals surface area (Å²) in [5.74, 6) is -0.161. The molecular weight excluding hydrogens is 360 g/mol. The summed E-state index contributed by atoms with van der Waals surface area (Å²) in [5, 5.41) is 10.8. The van der Waals surface area contributed by atoms with E-state index in [0.717, 1.165) is 35.6 Å². The summed E-state index contributed by atoms with van der Waals surface area (Å²) in [5.41, 5.74) is 8.33. The number of amides is 3. The van der Waals surface area contributed by atoms with E-state index in [9.17, 15) is 9.59 Å². The molecule has 2 aromatic rings. The minimum atomic E-state index is -0.638. The standard InChI is InChI=1S/C17H20N4O2S.ClH/c18-17(23)21-14(15-4-2-8-24-15)10-16(22)20-12-5-6-13-11(9-12)3-1-7-19-13;/h2,4-6,8-9,14,19H,1,3,7,10H2,(H,20,22)(H3,18,21,23);1H. The number of halogens is 1. The molecule has 25 heavy (non-hydrogen) atoms. The van der Waals surface area contributed by atoms with Gasteiger partial charge in [0.05, 0.1) is 12.5 Å². The number of carbonyl (C=O) groups excluding carboxylic acids is 2. The normalized spacial score (nSPS) is 13.6. The molecule has 0 spiro atoms. The van der Waals surface area contributed by atoms with Crippen molar-refractivity contribution in [3.05, 3.63) is 46.2 Å². The molecule has 8 heteroatoms. The van der Waals surface area contributed by atoms with E-state index >= 15 is 0 Å². The van der Waals surface area contributed by atoms with Crippen LogP contribution in [0.4, 0.5) is 16.2 Å². The van der Waals surface area contributed by atoms with E-state index in [-0.39, 0.29) is 24.7 Å². The van der Waals surface area contributed by atoms with E-state index in [1.54, 1.807) is 0 Å². The molecule has 0 aliphatic carbocycles. The zero-order chi connectivity index (χ0) is 16.9. The van der Waals surface area contributed by atoms with Gasteiger partial charge in [0.2, 0.25) is 5.91 Å². The molecule has 0 saturated heterocycles. The number of urea groups is 1. The third kappa shape index (κ3) is 5.11. The molecule has 134 valence electrons. The Morgan fingerprint density at radius 2 is 2.16 bits per heavy atom. The van der Waals surface area contributed by atoms with Crippen molar-refractivity contribution in [1.29, 1.82) is 0 Å². The molecule has 0 fully saturated rings. The van der Waals surface area contributed by atoms with Crippen molar-refractivity contribution in [2.75, 3.05) is 17.2 Å². The second-order valence-corrected chi connectivity index (χ2v) is 6.71. The molecule has 1 aromatic heterocycles. The highest BCUT2D eigenvalue weighted by atomic mass is 35.5. The van der Waals surface area contributed by atoms with Gasteiger partial charge in [-0.3, -0.25) is 4.79 Å². The first-order valence-corrected chi connectivity index (χ1v) is 8.76. The zero-order valence-electron chi connectivity index (χ0n) is 13.6. The number of carbonyl (C=O) groups is 2. The lowest BCUT2D eigenvalue weighted by molar-refractivity contribution is -0.116. The van der Waals surface area contributed by atoms with Crippen LogP contribution in [0.25, 0.3) is 0 Å². The van der Waals surface area contributed by atoms with Gasteiger partial charge in [-0.15, -0.1) is 23.7 Å². The molecule has 1 aliphatic heterocycles. The van der Waals surface area contributed by atoms with Crippen molar-refractivity contribution in [2.45, 2.75) is 25.3 Å². The van der Waals surface area contributed by atoms with Crippen LogP contribution in [0.5, 0.6) is 0 Å². The molecule has 0 saturated carbocycles. The Kier molecular flexibility index (Phi) is 6.66. The summed E-state index contributed by atoms with van der Waals surface area (Å²) in [7, 11) is 0. The van der Waals surface area contributed by atoms with Crippen LogP contribution in [0.3, 0.4) is 0 Å². The van der Waals surface area contributed by atoms with Crippen LogP contribution in [0.2, 0.25) is 0 Å². The van der Waals surface area contributed by atoms with E-state index in [4.69, 9.17) is 5.73 Å². The largest absolute Gasteiger partial charge is 0.385 e. The number of primary amides is 1. The van der Waals surface area contributed by atoms with Gasteiger partial charge in [0.1, 0.15) is 0 Å². The van der Waals surface area contributed by atoms with E-state index in [1.165, 1.54) is 16.9 Å². The molecule has 1 aliphatic rings. The monoisotopic (exact) mass is 380 g/mol. The van der Waals surface area contributed by atoms with Crippen molar-refractivity contribution in [1.82, 2.24) is 5.32 Å². The SMILES string of the molecule is Cl.NC(=O)NC(CC(=O)Nc1ccc2c(c1)CCCN2)c1cccs1. The quantitative estimate of drug-likeness (QED) is 0.641. The maximum atomic E-state index is 12.4. The van der Waals surface area contributed by atoms with Gasteiger partial charge in [-0.05, 0) is 48.1 Å². The fourth-order valence-electron chi connectivity index (χ4n) is 2.83. The summed E-state index contributed by atoms with van der Waals surface area (Å²) in [6.45, 7) is 0.986. The smallest absolute Gasteiger partial charge is 0.312 e. The molecule has 0 bridgehead atoms. The number of nitrogens with two attached hydrogens (primary N) is 1. The van der Waals surface area contributed by atoms with Gasteiger partial charge in [-0.25, -0.2) is 4.79 Å². The van der Waals surface area contributed by atoms with Gasteiger partial charge in [0, 0.05) is 22.8 Å². The first-order valence-electron chi connectivity index (χ1n) is 7.88. The Hall–Kier alpha value is -2.25. The van der Waals surface area contributed by atoms with Crippen molar-refractivity contribution >= 4 is 47.1 Å². The van der Waals surface area contributed by atoms with Crippen molar-refractivity contribution in [3.8, 4) is 0 Å². The van der Waals surface area contributed by atoms with Crippen LogP contribution in [0.15, 0.2) is 35.7 Å². The lowest BCUT2D eigenvalue weighted by Crippen LogP contribution is -2.34. The highest BCUT2D eigenvalue weighted by Crippen LogP contribution is 2.26. The van der Waals surface area contributed by atoms with Crippen LogP contribution in [-0.4, -0.2) is 18.5 Å². The molecule has 2 heterocycles. The van der Waals surface area contributed by atoms with Crippen molar-refractivity contribution in [3.63, 3.8) is 0 Å². The lowest BCUT2D eigenvalue weighted by atomic mass is 10.0. The molecule has 3 amide bonds. The van der Waals surface area contributed by atoms with E-state index in [0.29, 0.717) is 0 Å². The summed E-state index contributed by atoms with van der Waals surface area (Å²) in [6.07, 6.45) is 2.24. The number of aryl methyl sites for hydroxylation is 1. The van der Waals surface area contributed by atoms with E-state index in [1.807, 2.05) is 35.7 Å². The Morgan fingerprint density at radius 1 is 1.32 bits per heavy atom. The number of nitrogens with one attached hydrogen (secondary N) is 3. The predicted molar refractivity (Wildman–Crippen MR) is 104 cm³/mol. The first kappa shape index (κ1) is 19.1. The highest BCUT2D eigenvalue weighted by molar-refractivity contribution is 7.10. The third-order valence-electron chi connectivity index (χ3n) is 3.92. The summed E-state index contributed by atoms with van der Waals surface area (Å²) in [4.78, 5) is 24.4. The number of benzene rings is 1. The molecule has 3 rings (SSSR count). The molecular formula is C17H21ClN4O2S. The zero-order valence-corrected chi connectivity index (χ0v) is 15.2. The van der Waals surface area contributed by atoms with Crippen LogP contribution in [-0.2, 0) is 11.2 Å². The second kappa shape index (κ2) is 8.73. The maximum absolute atomic E-state index is 12.4. The van der Waals surface area contributed by atoms with Crippen LogP contribution in [0.1, 0.15) is 29.3 Å². The van der Waals surface area contributed by atoms with Gasteiger partial charge >= 0.3 is 6.03 Å². The van der Waals surface area contributed by atoms with Gasteiger partial charge < -0.3 is 21.7 Å². The Balaban J connectivity index is 0.00000225. The summed E-state index contributed by atoms with van der Waals surface area (Å²) in [6, 6.07) is 8.58. The molecule has 1 aromatic carbocycles. The van der Waals surface area contributed by atoms with Gasteiger partial charge in [-0.1, -0.05) is 6.07 Å². The number of thiophene rings is 1. The number of rotatable bonds is 5. The van der Waals surface area contributed by atoms with E-state index in [2.05, 4.69) is 16.0 Å². The molecule has 5 N–H and O–H groups in total. The van der Waals surface area contributed by atoms with Gasteiger partial charge in [0.25, 0.3) is 0 Å². The minimum Gasteiger partial charge on any atom is -0.385 e. The fourth-order valence-corrected chi connectivity index (χ4v) is 3.61. The number of anilines is 2. The maximum Gasteiger partial charge on any atom is 0.312 e. The lowest BCUT2D eigenvalue weighted by Gasteiger charge is -2.19. The van der Waals surface area contributed by atoms with Gasteiger partial charge in [0.15, 0.2) is 0 Å². The Morgan fingerprint density at radius 3 is 2.88 bits per heavy atom. The predicted octanol–water partition coefficient (Wildman–Crippen LogP) is 3.27. The average molecular weight is 381 g/mol. The number of hydrogen-bond donors (Lipinski definition) is 4. The van der Waals surface area contributed by atoms with Crippen molar-refractivity contribution < 1.29 is 9.59 Å². The van der Waals surface area contributed by atoms with Gasteiger partial charge in [-0.2, -0.15) is 0 Å². The molecule has 6 nitrogen and oxygen atoms in total. The van der Waals surface area contributed by atoms with Crippen LogP contribution >= 0.6 is 23.7 Å².